The fourth-order valence-electron chi connectivity index (χ4n) is 2.14. The first kappa shape index (κ1) is 10.0. The van der Waals surface area contributed by atoms with Crippen LogP contribution in [0.4, 0.5) is 0 Å². The molecular formula is C11H22O. The molecule has 0 aromatic rings. The van der Waals surface area contributed by atoms with Gasteiger partial charge in [-0.3, -0.25) is 0 Å². The predicted molar refractivity (Wildman–Crippen MR) is 52.0 cm³/mol. The van der Waals surface area contributed by atoms with Crippen molar-refractivity contribution in [2.24, 2.45) is 17.3 Å². The second kappa shape index (κ2) is 3.78. The lowest BCUT2D eigenvalue weighted by molar-refractivity contribution is 0.115. The monoisotopic (exact) mass is 170 g/mol. The zero-order valence-electron chi connectivity index (χ0n) is 8.64. The third kappa shape index (κ3) is 2.48. The van der Waals surface area contributed by atoms with Gasteiger partial charge in [-0.1, -0.05) is 20.8 Å². The third-order valence-corrected chi connectivity index (χ3v) is 3.48. The smallest absolute Gasteiger partial charge is 0.0459 e. The maximum absolute atomic E-state index is 9.02. The summed E-state index contributed by atoms with van der Waals surface area (Å²) in [4.78, 5) is 0. The standard InChI is InChI=1S/C11H22O/c1-9(8-12)10-4-6-11(2,3)7-5-10/h9-10,12H,4-8H2,1-3H3/t9-/m0/s1. The maximum atomic E-state index is 9.02. The molecular weight excluding hydrogens is 148 g/mol. The summed E-state index contributed by atoms with van der Waals surface area (Å²) in [6.45, 7) is 7.24. The first-order valence-electron chi connectivity index (χ1n) is 5.16. The van der Waals surface area contributed by atoms with Crippen molar-refractivity contribution in [1.29, 1.82) is 0 Å². The van der Waals surface area contributed by atoms with E-state index in [9.17, 15) is 0 Å². The molecule has 72 valence electrons. The molecule has 1 saturated carbocycles. The Labute approximate surface area is 76.2 Å². The number of hydrogen-bond acceptors (Lipinski definition) is 1. The van der Waals surface area contributed by atoms with Crippen molar-refractivity contribution in [2.75, 3.05) is 6.61 Å². The molecule has 0 heterocycles. The molecule has 0 spiro atoms. The highest BCUT2D eigenvalue weighted by Crippen LogP contribution is 2.40. The number of aliphatic hydroxyl groups excluding tert-OH is 1. The van der Waals surface area contributed by atoms with Crippen molar-refractivity contribution < 1.29 is 5.11 Å². The van der Waals surface area contributed by atoms with Crippen LogP contribution >= 0.6 is 0 Å². The fraction of sp³-hybridized carbons (Fsp3) is 1.00. The first-order chi connectivity index (χ1) is 5.55. The van der Waals surface area contributed by atoms with E-state index in [-0.39, 0.29) is 0 Å². The molecule has 1 atom stereocenters. The number of rotatable bonds is 2. The van der Waals surface area contributed by atoms with Crippen molar-refractivity contribution in [1.82, 2.24) is 0 Å². The second-order valence-corrected chi connectivity index (χ2v) is 5.16. The molecule has 0 radical (unpaired) electrons. The molecule has 0 bridgehead atoms. The van der Waals surface area contributed by atoms with Crippen LogP contribution in [0.5, 0.6) is 0 Å². The Balaban J connectivity index is 2.36. The lowest BCUT2D eigenvalue weighted by Crippen LogP contribution is -2.26. The quantitative estimate of drug-likeness (QED) is 0.675. The van der Waals surface area contributed by atoms with Crippen LogP contribution < -0.4 is 0 Å². The molecule has 1 heteroatoms. The van der Waals surface area contributed by atoms with Gasteiger partial charge in [0.2, 0.25) is 0 Å². The molecule has 0 aromatic carbocycles. The second-order valence-electron chi connectivity index (χ2n) is 5.16. The van der Waals surface area contributed by atoms with Gasteiger partial charge in [0.05, 0.1) is 0 Å². The SMILES string of the molecule is C[C@@H](CO)C1CCC(C)(C)CC1. The predicted octanol–water partition coefficient (Wildman–Crippen LogP) is 2.83. The van der Waals surface area contributed by atoms with Crippen LogP contribution in [0.1, 0.15) is 46.5 Å². The van der Waals surface area contributed by atoms with Crippen LogP contribution in [0.3, 0.4) is 0 Å². The Morgan fingerprint density at radius 3 is 2.25 bits per heavy atom. The van der Waals surface area contributed by atoms with Gasteiger partial charge < -0.3 is 5.11 Å². The van der Waals surface area contributed by atoms with Gasteiger partial charge in [-0.15, -0.1) is 0 Å². The van der Waals surface area contributed by atoms with E-state index in [1.807, 2.05) is 0 Å². The highest BCUT2D eigenvalue weighted by atomic mass is 16.3. The average molecular weight is 170 g/mol. The van der Waals surface area contributed by atoms with Crippen LogP contribution in [-0.2, 0) is 0 Å². The van der Waals surface area contributed by atoms with E-state index >= 15 is 0 Å². The van der Waals surface area contributed by atoms with E-state index in [0.717, 1.165) is 5.92 Å². The largest absolute Gasteiger partial charge is 0.396 e. The molecule has 1 nitrogen and oxygen atoms in total. The summed E-state index contributed by atoms with van der Waals surface area (Å²) in [5.74, 6) is 1.30. The number of hydrogen-bond donors (Lipinski definition) is 1. The van der Waals surface area contributed by atoms with Gasteiger partial charge in [0.25, 0.3) is 0 Å². The van der Waals surface area contributed by atoms with Crippen molar-refractivity contribution >= 4 is 0 Å². The van der Waals surface area contributed by atoms with Gasteiger partial charge in [-0.2, -0.15) is 0 Å². The van der Waals surface area contributed by atoms with Gasteiger partial charge >= 0.3 is 0 Å². The highest BCUT2D eigenvalue weighted by Gasteiger charge is 2.28. The molecule has 1 aliphatic carbocycles. The van der Waals surface area contributed by atoms with Gasteiger partial charge in [0, 0.05) is 6.61 Å². The van der Waals surface area contributed by atoms with E-state index in [2.05, 4.69) is 20.8 Å². The summed E-state index contributed by atoms with van der Waals surface area (Å²) < 4.78 is 0. The minimum absolute atomic E-state index is 0.366. The molecule has 0 saturated heterocycles. The van der Waals surface area contributed by atoms with Crippen molar-refractivity contribution in [3.8, 4) is 0 Å². The summed E-state index contributed by atoms with van der Waals surface area (Å²) in [5.41, 5.74) is 0.561. The molecule has 1 fully saturated rings. The van der Waals surface area contributed by atoms with Crippen LogP contribution in [0.25, 0.3) is 0 Å². The fourth-order valence-corrected chi connectivity index (χ4v) is 2.14. The van der Waals surface area contributed by atoms with E-state index in [1.165, 1.54) is 25.7 Å². The van der Waals surface area contributed by atoms with Crippen LogP contribution in [0.15, 0.2) is 0 Å². The van der Waals surface area contributed by atoms with Crippen LogP contribution in [-0.4, -0.2) is 11.7 Å². The topological polar surface area (TPSA) is 20.2 Å². The Morgan fingerprint density at radius 2 is 1.83 bits per heavy atom. The lowest BCUT2D eigenvalue weighted by atomic mass is 9.70. The summed E-state index contributed by atoms with van der Waals surface area (Å²) in [7, 11) is 0. The molecule has 0 unspecified atom stereocenters. The molecule has 0 amide bonds. The zero-order chi connectivity index (χ0) is 9.19. The highest BCUT2D eigenvalue weighted by molar-refractivity contribution is 4.80. The van der Waals surface area contributed by atoms with E-state index < -0.39 is 0 Å². The van der Waals surface area contributed by atoms with Gasteiger partial charge in [0.15, 0.2) is 0 Å². The summed E-state index contributed by atoms with van der Waals surface area (Å²) in [5, 5.41) is 9.02. The Kier molecular flexibility index (Phi) is 3.16. The van der Waals surface area contributed by atoms with Crippen LogP contribution in [0, 0.1) is 17.3 Å². The van der Waals surface area contributed by atoms with Crippen molar-refractivity contribution in [3.05, 3.63) is 0 Å². The normalized spacial score (nSPS) is 27.0. The van der Waals surface area contributed by atoms with E-state index in [0.29, 0.717) is 17.9 Å². The third-order valence-electron chi connectivity index (χ3n) is 3.48. The molecule has 1 aliphatic rings. The molecule has 0 aromatic heterocycles. The lowest BCUT2D eigenvalue weighted by Gasteiger charge is -2.36. The molecule has 1 rings (SSSR count). The van der Waals surface area contributed by atoms with Crippen molar-refractivity contribution in [2.45, 2.75) is 46.5 Å². The first-order valence-corrected chi connectivity index (χ1v) is 5.16. The van der Waals surface area contributed by atoms with E-state index in [1.54, 1.807) is 0 Å². The minimum atomic E-state index is 0.366. The van der Waals surface area contributed by atoms with E-state index in [4.69, 9.17) is 5.11 Å². The summed E-state index contributed by atoms with van der Waals surface area (Å²) in [6, 6.07) is 0. The van der Waals surface area contributed by atoms with Crippen molar-refractivity contribution in [3.63, 3.8) is 0 Å². The zero-order valence-corrected chi connectivity index (χ0v) is 8.64. The van der Waals surface area contributed by atoms with Gasteiger partial charge in [-0.25, -0.2) is 0 Å². The number of aliphatic hydroxyl groups is 1. The Morgan fingerprint density at radius 1 is 1.33 bits per heavy atom. The minimum Gasteiger partial charge on any atom is -0.396 e. The van der Waals surface area contributed by atoms with Gasteiger partial charge in [-0.05, 0) is 42.9 Å². The summed E-state index contributed by atoms with van der Waals surface area (Å²) in [6.07, 6.45) is 5.30. The Bertz CT molecular complexity index is 130. The van der Waals surface area contributed by atoms with Crippen LogP contribution in [0.2, 0.25) is 0 Å². The average Bonchev–Trinajstić information content (AvgIpc) is 2.03. The maximum Gasteiger partial charge on any atom is 0.0459 e. The Hall–Kier alpha value is -0.0400. The molecule has 0 aliphatic heterocycles. The van der Waals surface area contributed by atoms with Gasteiger partial charge in [0.1, 0.15) is 0 Å². The molecule has 1 N–H and O–H groups in total. The molecule has 12 heavy (non-hydrogen) atoms. The summed E-state index contributed by atoms with van der Waals surface area (Å²) >= 11 is 0.